The van der Waals surface area contributed by atoms with Crippen LogP contribution in [-0.4, -0.2) is 15.8 Å². The summed E-state index contributed by atoms with van der Waals surface area (Å²) in [4.78, 5) is 0. The molecule has 0 aromatic heterocycles. The maximum absolute atomic E-state index is 8.21. The predicted octanol–water partition coefficient (Wildman–Crippen LogP) is 9.48. The molecule has 5 aliphatic rings. The van der Waals surface area contributed by atoms with Crippen LogP contribution in [0.1, 0.15) is 66.2 Å². The van der Waals surface area contributed by atoms with Crippen molar-refractivity contribution in [1.82, 2.24) is 0 Å². The Hall–Kier alpha value is -1.97. The Labute approximate surface area is 269 Å². The van der Waals surface area contributed by atoms with E-state index in [9.17, 15) is 0 Å². The van der Waals surface area contributed by atoms with Crippen LogP contribution in [0.5, 0.6) is 0 Å². The summed E-state index contributed by atoms with van der Waals surface area (Å²) >= 11 is 0. The number of allylic oxidation sites excluding steroid dienone is 4. The van der Waals surface area contributed by atoms with Crippen LogP contribution in [0.3, 0.4) is 0 Å². The van der Waals surface area contributed by atoms with Gasteiger partial charge >= 0.3 is 21.7 Å². The SMILES string of the molecule is CC1=[C-]C(C)C(C)=C1C.[CH3-].[NH-]C12CC3CC(CC(C3)C1)C2.[SiH2]c1ccccc1.[Ti+3].c1ccc(-c2ccccc2)cc1. The molecule has 5 aliphatic carbocycles. The van der Waals surface area contributed by atoms with Crippen molar-refractivity contribution in [2.45, 2.75) is 71.8 Å². The molecule has 0 heterocycles. The van der Waals surface area contributed by atoms with Gasteiger partial charge in [-0.2, -0.15) is 11.1 Å². The summed E-state index contributed by atoms with van der Waals surface area (Å²) < 4.78 is 0. The molecule has 3 heteroatoms. The molecule has 214 valence electrons. The van der Waals surface area contributed by atoms with Gasteiger partial charge < -0.3 is 13.2 Å². The van der Waals surface area contributed by atoms with Crippen LogP contribution in [0.4, 0.5) is 0 Å². The fraction of sp³-hybridized carbons (Fsp3) is 0.395. The van der Waals surface area contributed by atoms with Crippen LogP contribution >= 0.6 is 0 Å². The first-order valence-electron chi connectivity index (χ1n) is 14.7. The van der Waals surface area contributed by atoms with Crippen molar-refractivity contribution in [2.24, 2.45) is 23.7 Å². The normalized spacial score (nSPS) is 26.4. The predicted molar refractivity (Wildman–Crippen MR) is 178 cm³/mol. The minimum atomic E-state index is 0. The molecular weight excluding hydrogens is 546 g/mol. The Morgan fingerprint density at radius 1 is 0.683 bits per heavy atom. The smallest absolute Gasteiger partial charge is 0.672 e. The molecule has 0 amide bonds. The van der Waals surface area contributed by atoms with E-state index in [0.29, 0.717) is 5.92 Å². The topological polar surface area (TPSA) is 23.8 Å². The van der Waals surface area contributed by atoms with Crippen LogP contribution in [0.15, 0.2) is 108 Å². The second-order valence-electron chi connectivity index (χ2n) is 12.2. The summed E-state index contributed by atoms with van der Waals surface area (Å²) in [5.41, 5.74) is 15.1. The van der Waals surface area contributed by atoms with Gasteiger partial charge in [-0.3, -0.25) is 6.08 Å². The number of nitrogens with one attached hydrogen (secondary N) is 1. The Kier molecular flexibility index (Phi) is 14.3. The van der Waals surface area contributed by atoms with Crippen LogP contribution in [0.2, 0.25) is 0 Å². The van der Waals surface area contributed by atoms with Crippen LogP contribution in [-0.2, 0) is 21.7 Å². The second-order valence-corrected chi connectivity index (χ2v) is 13.0. The van der Waals surface area contributed by atoms with E-state index in [1.165, 1.54) is 71.6 Å². The Morgan fingerprint density at radius 2 is 1.05 bits per heavy atom. The third-order valence-corrected chi connectivity index (χ3v) is 9.47. The van der Waals surface area contributed by atoms with Gasteiger partial charge in [0.25, 0.3) is 0 Å². The number of benzene rings is 3. The van der Waals surface area contributed by atoms with Crippen molar-refractivity contribution < 1.29 is 21.7 Å². The van der Waals surface area contributed by atoms with Crippen molar-refractivity contribution in [3.8, 4) is 11.1 Å². The van der Waals surface area contributed by atoms with E-state index in [1.54, 1.807) is 0 Å². The molecular formula is C38H49NSiTi. The van der Waals surface area contributed by atoms with Crippen LogP contribution in [0.25, 0.3) is 16.9 Å². The van der Waals surface area contributed by atoms with E-state index in [0.717, 1.165) is 17.8 Å². The molecule has 3 aromatic carbocycles. The van der Waals surface area contributed by atoms with Gasteiger partial charge in [0, 0.05) is 10.2 Å². The molecule has 8 rings (SSSR count). The Morgan fingerprint density at radius 3 is 1.27 bits per heavy atom. The quantitative estimate of drug-likeness (QED) is 0.198. The zero-order valence-electron chi connectivity index (χ0n) is 25.9. The molecule has 1 unspecified atom stereocenters. The molecule has 1 nitrogen and oxygen atoms in total. The molecule has 0 saturated heterocycles. The third-order valence-electron chi connectivity index (χ3n) is 9.00. The summed E-state index contributed by atoms with van der Waals surface area (Å²) in [6.45, 7) is 8.67. The molecule has 0 aliphatic heterocycles. The fourth-order valence-corrected chi connectivity index (χ4v) is 7.28. The minimum Gasteiger partial charge on any atom is -0.672 e. The van der Waals surface area contributed by atoms with Gasteiger partial charge in [0.15, 0.2) is 0 Å². The van der Waals surface area contributed by atoms with Gasteiger partial charge in [-0.05, 0) is 48.1 Å². The van der Waals surface area contributed by atoms with Gasteiger partial charge in [0.2, 0.25) is 0 Å². The average Bonchev–Trinajstić information content (AvgIpc) is 3.15. The summed E-state index contributed by atoms with van der Waals surface area (Å²) in [5.74, 6) is 3.43. The molecule has 1 atom stereocenters. The van der Waals surface area contributed by atoms with E-state index in [2.05, 4.69) is 94.4 Å². The van der Waals surface area contributed by atoms with E-state index in [-0.39, 0.29) is 34.7 Å². The van der Waals surface area contributed by atoms with Gasteiger partial charge in [-0.25, -0.2) is 5.57 Å². The molecule has 4 bridgehead atoms. The molecule has 2 radical (unpaired) electrons. The second kappa shape index (κ2) is 16.6. The van der Waals surface area contributed by atoms with Crippen molar-refractivity contribution in [2.75, 3.05) is 0 Å². The molecule has 4 saturated carbocycles. The number of rotatable bonds is 1. The molecule has 0 spiro atoms. The van der Waals surface area contributed by atoms with Gasteiger partial charge in [-0.15, -0.1) is 12.5 Å². The summed E-state index contributed by atoms with van der Waals surface area (Å²) in [6.07, 6.45) is 11.5. The maximum atomic E-state index is 8.21. The zero-order valence-corrected chi connectivity index (χ0v) is 28.9. The first-order valence-corrected chi connectivity index (χ1v) is 15.4. The monoisotopic (exact) mass is 595 g/mol. The molecule has 1 N–H and O–H groups in total. The molecule has 3 aromatic rings. The Bertz CT molecular complexity index is 1160. The molecule has 4 fully saturated rings. The first-order chi connectivity index (χ1) is 18.7. The van der Waals surface area contributed by atoms with E-state index < -0.39 is 0 Å². The van der Waals surface area contributed by atoms with Gasteiger partial charge in [0.1, 0.15) is 0 Å². The van der Waals surface area contributed by atoms with Crippen LogP contribution in [0, 0.1) is 37.2 Å². The number of hydrogen-bond donors (Lipinski definition) is 0. The van der Waals surface area contributed by atoms with E-state index in [1.807, 2.05) is 40.6 Å². The van der Waals surface area contributed by atoms with Crippen molar-refractivity contribution in [3.63, 3.8) is 0 Å². The largest absolute Gasteiger partial charge is 3.00 e. The minimum absolute atomic E-state index is 0. The zero-order chi connectivity index (χ0) is 27.8. The van der Waals surface area contributed by atoms with Crippen molar-refractivity contribution >= 4 is 15.4 Å². The van der Waals surface area contributed by atoms with Crippen LogP contribution < -0.4 is 5.19 Å². The fourth-order valence-electron chi connectivity index (χ4n) is 7.01. The van der Waals surface area contributed by atoms with Gasteiger partial charge in [0.05, 0.1) is 0 Å². The van der Waals surface area contributed by atoms with Crippen molar-refractivity contribution in [3.05, 3.63) is 127 Å². The molecule has 41 heavy (non-hydrogen) atoms. The summed E-state index contributed by atoms with van der Waals surface area (Å²) in [6, 6.07) is 31.1. The number of hydrogen-bond acceptors (Lipinski definition) is 0. The van der Waals surface area contributed by atoms with Crippen molar-refractivity contribution in [1.29, 1.82) is 0 Å². The van der Waals surface area contributed by atoms with Gasteiger partial charge in [-0.1, -0.05) is 142 Å². The van der Waals surface area contributed by atoms with E-state index >= 15 is 0 Å². The Balaban J connectivity index is 0.000000192. The third kappa shape index (κ3) is 10.4. The first kappa shape index (κ1) is 35.2. The average molecular weight is 596 g/mol. The maximum Gasteiger partial charge on any atom is 3.00 e. The standard InChI is InChI=1S/C12H10.C10H16N.C9H13.C6H7Si.CH3.Ti/c1-3-7-11(8-4-1)12-9-5-2-6-10-12;11-10-4-7-1-8(5-10)3-9(2-7)6-10;1-6-5-7(2)9(4)8(6)3;7-6-4-2-1-3-5-6;;/h1-10H;7-9,11H,1-6H2;6H,1-4H3;1-5H,7H2;1H3;/q;2*-1;;-1;+3. The summed E-state index contributed by atoms with van der Waals surface area (Å²) in [5, 5.41) is 1.35. The summed E-state index contributed by atoms with van der Waals surface area (Å²) in [7, 11) is 1.90. The van der Waals surface area contributed by atoms with E-state index in [4.69, 9.17) is 5.73 Å².